The first kappa shape index (κ1) is 13.4. The van der Waals surface area contributed by atoms with E-state index in [0.29, 0.717) is 12.1 Å². The van der Waals surface area contributed by atoms with Gasteiger partial charge in [0.05, 0.1) is 7.11 Å². The van der Waals surface area contributed by atoms with Gasteiger partial charge < -0.3 is 10.1 Å². The zero-order chi connectivity index (χ0) is 13.0. The second-order valence-electron chi connectivity index (χ2n) is 5.53. The third kappa shape index (κ3) is 3.26. The highest BCUT2D eigenvalue weighted by Gasteiger charge is 2.22. The molecule has 1 aromatic carbocycles. The van der Waals surface area contributed by atoms with Crippen LogP contribution in [0.15, 0.2) is 24.3 Å². The number of benzene rings is 1. The molecular weight excluding hydrogens is 222 g/mol. The van der Waals surface area contributed by atoms with Crippen molar-refractivity contribution in [2.24, 2.45) is 5.92 Å². The fourth-order valence-electron chi connectivity index (χ4n) is 2.87. The lowest BCUT2D eigenvalue weighted by Crippen LogP contribution is -2.38. The van der Waals surface area contributed by atoms with Gasteiger partial charge in [-0.25, -0.2) is 0 Å². The predicted octanol–water partition coefficient (Wildman–Crippen LogP) is 3.92. The van der Waals surface area contributed by atoms with Crippen LogP contribution in [0.2, 0.25) is 0 Å². The molecule has 2 rings (SSSR count). The molecule has 2 nitrogen and oxygen atoms in total. The van der Waals surface area contributed by atoms with E-state index in [4.69, 9.17) is 4.74 Å². The highest BCUT2D eigenvalue weighted by atomic mass is 16.5. The second-order valence-corrected chi connectivity index (χ2v) is 5.53. The van der Waals surface area contributed by atoms with E-state index in [0.717, 1.165) is 11.7 Å². The fraction of sp³-hybridized carbons (Fsp3) is 0.625. The van der Waals surface area contributed by atoms with E-state index >= 15 is 0 Å². The Morgan fingerprint density at radius 2 is 1.83 bits per heavy atom. The van der Waals surface area contributed by atoms with Crippen LogP contribution in [0, 0.1) is 5.92 Å². The summed E-state index contributed by atoms with van der Waals surface area (Å²) in [6, 6.07) is 9.49. The summed E-state index contributed by atoms with van der Waals surface area (Å²) in [6.07, 6.45) is 5.46. The standard InChI is InChI=1S/C16H25NO/c1-12-6-4-5-7-16(12)17-13(2)14-8-10-15(18-3)11-9-14/h8-13,16-17H,4-7H2,1-3H3/t12?,13-,16?/m0/s1. The maximum atomic E-state index is 5.20. The molecule has 1 fully saturated rings. The van der Waals surface area contributed by atoms with Crippen molar-refractivity contribution in [3.05, 3.63) is 29.8 Å². The molecule has 0 radical (unpaired) electrons. The number of hydrogen-bond acceptors (Lipinski definition) is 2. The monoisotopic (exact) mass is 247 g/mol. The molecule has 0 aliphatic heterocycles. The topological polar surface area (TPSA) is 21.3 Å². The van der Waals surface area contributed by atoms with E-state index in [2.05, 4.69) is 31.3 Å². The lowest BCUT2D eigenvalue weighted by molar-refractivity contribution is 0.263. The molecule has 1 N–H and O–H groups in total. The number of hydrogen-bond donors (Lipinski definition) is 1. The molecule has 100 valence electrons. The lowest BCUT2D eigenvalue weighted by atomic mass is 9.85. The van der Waals surface area contributed by atoms with E-state index < -0.39 is 0 Å². The summed E-state index contributed by atoms with van der Waals surface area (Å²) in [5.74, 6) is 1.73. The normalized spacial score (nSPS) is 25.7. The smallest absolute Gasteiger partial charge is 0.118 e. The van der Waals surface area contributed by atoms with Crippen molar-refractivity contribution in [3.63, 3.8) is 0 Å². The van der Waals surface area contributed by atoms with Gasteiger partial charge in [-0.3, -0.25) is 0 Å². The van der Waals surface area contributed by atoms with Crippen LogP contribution in [0.1, 0.15) is 51.1 Å². The maximum Gasteiger partial charge on any atom is 0.118 e. The molecule has 18 heavy (non-hydrogen) atoms. The van der Waals surface area contributed by atoms with Crippen molar-refractivity contribution in [2.45, 2.75) is 51.6 Å². The molecule has 1 saturated carbocycles. The summed E-state index contributed by atoms with van der Waals surface area (Å²) < 4.78 is 5.20. The van der Waals surface area contributed by atoms with Gasteiger partial charge >= 0.3 is 0 Å². The number of methoxy groups -OCH3 is 1. The summed E-state index contributed by atoms with van der Waals surface area (Å²) in [5.41, 5.74) is 1.34. The largest absolute Gasteiger partial charge is 0.497 e. The van der Waals surface area contributed by atoms with Crippen molar-refractivity contribution in [3.8, 4) is 5.75 Å². The van der Waals surface area contributed by atoms with Crippen molar-refractivity contribution >= 4 is 0 Å². The predicted molar refractivity (Wildman–Crippen MR) is 76.0 cm³/mol. The van der Waals surface area contributed by atoms with E-state index in [1.807, 2.05) is 12.1 Å². The van der Waals surface area contributed by atoms with Gasteiger partial charge in [-0.15, -0.1) is 0 Å². The van der Waals surface area contributed by atoms with Gasteiger partial charge in [0.15, 0.2) is 0 Å². The second kappa shape index (κ2) is 6.24. The van der Waals surface area contributed by atoms with Crippen LogP contribution in [0.5, 0.6) is 5.75 Å². The lowest BCUT2D eigenvalue weighted by Gasteiger charge is -2.32. The Bertz CT molecular complexity index is 360. The Hall–Kier alpha value is -1.02. The highest BCUT2D eigenvalue weighted by molar-refractivity contribution is 5.28. The minimum atomic E-state index is 0.418. The van der Waals surface area contributed by atoms with E-state index in [9.17, 15) is 0 Å². The summed E-state index contributed by atoms with van der Waals surface area (Å²) in [4.78, 5) is 0. The van der Waals surface area contributed by atoms with Gasteiger partial charge in [0.1, 0.15) is 5.75 Å². The van der Waals surface area contributed by atoms with Crippen LogP contribution in [0.25, 0.3) is 0 Å². The van der Waals surface area contributed by atoms with Crippen LogP contribution in [-0.2, 0) is 0 Å². The van der Waals surface area contributed by atoms with Crippen LogP contribution < -0.4 is 10.1 Å². The van der Waals surface area contributed by atoms with Crippen molar-refractivity contribution in [1.82, 2.24) is 5.32 Å². The Balaban J connectivity index is 1.95. The third-order valence-corrected chi connectivity index (χ3v) is 4.19. The summed E-state index contributed by atoms with van der Waals surface area (Å²) in [6.45, 7) is 4.63. The average molecular weight is 247 g/mol. The van der Waals surface area contributed by atoms with E-state index in [1.54, 1.807) is 7.11 Å². The first-order valence-corrected chi connectivity index (χ1v) is 7.10. The van der Waals surface area contributed by atoms with Gasteiger partial charge in [0, 0.05) is 12.1 Å². The van der Waals surface area contributed by atoms with E-state index in [1.165, 1.54) is 31.2 Å². The number of nitrogens with one attached hydrogen (secondary N) is 1. The van der Waals surface area contributed by atoms with Crippen molar-refractivity contribution in [1.29, 1.82) is 0 Å². The Morgan fingerprint density at radius 1 is 1.17 bits per heavy atom. The SMILES string of the molecule is COc1ccc([C@H](C)NC2CCCCC2C)cc1. The third-order valence-electron chi connectivity index (χ3n) is 4.19. The maximum absolute atomic E-state index is 5.20. The molecule has 0 heterocycles. The Kier molecular flexibility index (Phi) is 4.65. The minimum absolute atomic E-state index is 0.418. The molecule has 0 bridgehead atoms. The number of ether oxygens (including phenoxy) is 1. The molecule has 1 aliphatic rings. The summed E-state index contributed by atoms with van der Waals surface area (Å²) >= 11 is 0. The molecular formula is C16H25NO. The van der Waals surface area contributed by atoms with Crippen LogP contribution in [0.4, 0.5) is 0 Å². The average Bonchev–Trinajstić information content (AvgIpc) is 2.41. The van der Waals surface area contributed by atoms with Gasteiger partial charge in [0.25, 0.3) is 0 Å². The molecule has 3 atom stereocenters. The minimum Gasteiger partial charge on any atom is -0.497 e. The van der Waals surface area contributed by atoms with Crippen LogP contribution in [0.3, 0.4) is 0 Å². The zero-order valence-electron chi connectivity index (χ0n) is 11.8. The Morgan fingerprint density at radius 3 is 2.44 bits per heavy atom. The van der Waals surface area contributed by atoms with Crippen LogP contribution in [-0.4, -0.2) is 13.2 Å². The molecule has 0 spiro atoms. The van der Waals surface area contributed by atoms with Crippen molar-refractivity contribution in [2.75, 3.05) is 7.11 Å². The molecule has 0 amide bonds. The summed E-state index contributed by atoms with van der Waals surface area (Å²) in [5, 5.41) is 3.78. The zero-order valence-corrected chi connectivity index (χ0v) is 11.8. The molecule has 2 unspecified atom stereocenters. The van der Waals surface area contributed by atoms with Gasteiger partial charge in [-0.05, 0) is 43.4 Å². The first-order chi connectivity index (χ1) is 8.70. The summed E-state index contributed by atoms with van der Waals surface area (Å²) in [7, 11) is 1.71. The van der Waals surface area contributed by atoms with Crippen molar-refractivity contribution < 1.29 is 4.74 Å². The highest BCUT2D eigenvalue weighted by Crippen LogP contribution is 2.26. The fourth-order valence-corrected chi connectivity index (χ4v) is 2.87. The molecule has 0 saturated heterocycles. The van der Waals surface area contributed by atoms with Gasteiger partial charge in [-0.2, -0.15) is 0 Å². The van der Waals surface area contributed by atoms with Gasteiger partial charge in [-0.1, -0.05) is 31.9 Å². The number of rotatable bonds is 4. The molecule has 1 aromatic rings. The van der Waals surface area contributed by atoms with Gasteiger partial charge in [0.2, 0.25) is 0 Å². The quantitative estimate of drug-likeness (QED) is 0.870. The van der Waals surface area contributed by atoms with Crippen LogP contribution >= 0.6 is 0 Å². The van der Waals surface area contributed by atoms with E-state index in [-0.39, 0.29) is 0 Å². The molecule has 0 aromatic heterocycles. The molecule has 2 heteroatoms. The molecule has 1 aliphatic carbocycles. The first-order valence-electron chi connectivity index (χ1n) is 7.10. The Labute approximate surface area is 111 Å².